The maximum absolute atomic E-state index is 12.7. The molecule has 2 nitrogen and oxygen atoms in total. The van der Waals surface area contributed by atoms with E-state index in [4.69, 9.17) is 11.2 Å². The van der Waals surface area contributed by atoms with Crippen molar-refractivity contribution < 1.29 is 17.9 Å². The zero-order chi connectivity index (χ0) is 20.7. The summed E-state index contributed by atoms with van der Waals surface area (Å²) in [6.07, 6.45) is 3.39. The molecule has 148 valence electrons. The number of para-hydroxylation sites is 1. The molecule has 0 saturated carbocycles. The molecule has 0 aliphatic carbocycles. The topological polar surface area (TPSA) is 22.1 Å². The van der Waals surface area contributed by atoms with Crippen molar-refractivity contribution in [1.29, 1.82) is 0 Å². The smallest absolute Gasteiger partial charge is 0.416 e. The summed E-state index contributed by atoms with van der Waals surface area (Å²) in [4.78, 5) is 4.50. The van der Waals surface area contributed by atoms with Crippen LogP contribution in [0.25, 0.3) is 0 Å². The van der Waals surface area contributed by atoms with Crippen LogP contribution in [0, 0.1) is 12.3 Å². The van der Waals surface area contributed by atoms with Crippen LogP contribution in [0.3, 0.4) is 0 Å². The van der Waals surface area contributed by atoms with Gasteiger partial charge in [0.1, 0.15) is 5.75 Å². The molecule has 0 aliphatic heterocycles. The van der Waals surface area contributed by atoms with Gasteiger partial charge < -0.3 is 4.74 Å². The van der Waals surface area contributed by atoms with Gasteiger partial charge >= 0.3 is 6.18 Å². The number of ether oxygens (including phenoxy) is 1. The quantitative estimate of drug-likeness (QED) is 0.419. The van der Waals surface area contributed by atoms with Crippen molar-refractivity contribution in [1.82, 2.24) is 4.98 Å². The summed E-state index contributed by atoms with van der Waals surface area (Å²) in [6, 6.07) is 20.1. The molecule has 29 heavy (non-hydrogen) atoms. The van der Waals surface area contributed by atoms with Crippen molar-refractivity contribution in [2.75, 3.05) is 0 Å². The zero-order valence-corrected chi connectivity index (χ0v) is 15.7. The first-order valence-corrected chi connectivity index (χ1v) is 9.28. The fraction of sp³-hybridized carbons (Fsp3) is 0.208. The molecular formula is C24H20F3NO. The third kappa shape index (κ3) is 5.86. The normalized spacial score (nSPS) is 12.2. The van der Waals surface area contributed by atoms with Gasteiger partial charge in [-0.1, -0.05) is 42.3 Å². The average molecular weight is 395 g/mol. The predicted octanol–water partition coefficient (Wildman–Crippen LogP) is 6.63. The van der Waals surface area contributed by atoms with Gasteiger partial charge in [-0.2, -0.15) is 13.2 Å². The number of nitrogens with zero attached hydrogens (tertiary/aromatic N) is 1. The van der Waals surface area contributed by atoms with Crippen molar-refractivity contribution in [2.24, 2.45) is 0 Å². The van der Waals surface area contributed by atoms with Gasteiger partial charge in [-0.15, -0.1) is 6.42 Å². The summed E-state index contributed by atoms with van der Waals surface area (Å²) in [5.41, 5.74) is 0.924. The Morgan fingerprint density at radius 1 is 0.931 bits per heavy atom. The highest BCUT2D eigenvalue weighted by atomic mass is 19.4. The molecular weight excluding hydrogens is 375 g/mol. The van der Waals surface area contributed by atoms with E-state index in [1.807, 2.05) is 42.5 Å². The molecule has 1 aromatic heterocycles. The fourth-order valence-electron chi connectivity index (χ4n) is 3.00. The number of hydrogen-bond acceptors (Lipinski definition) is 2. The number of pyridine rings is 1. The molecule has 0 amide bonds. The summed E-state index contributed by atoms with van der Waals surface area (Å²) in [5, 5.41) is 0. The highest BCUT2D eigenvalue weighted by molar-refractivity contribution is 5.31. The van der Waals surface area contributed by atoms with Crippen LogP contribution in [0.2, 0.25) is 0 Å². The molecule has 1 atom stereocenters. The van der Waals surface area contributed by atoms with Crippen molar-refractivity contribution in [2.45, 2.75) is 31.4 Å². The predicted molar refractivity (Wildman–Crippen MR) is 107 cm³/mol. The van der Waals surface area contributed by atoms with Crippen LogP contribution in [-0.2, 0) is 12.6 Å². The van der Waals surface area contributed by atoms with Crippen LogP contribution < -0.4 is 4.74 Å². The number of rotatable bonds is 7. The zero-order valence-electron chi connectivity index (χ0n) is 15.7. The number of benzene rings is 2. The lowest BCUT2D eigenvalue weighted by Crippen LogP contribution is -2.05. The van der Waals surface area contributed by atoms with Crippen LogP contribution in [-0.4, -0.2) is 4.98 Å². The van der Waals surface area contributed by atoms with Crippen molar-refractivity contribution in [3.05, 3.63) is 89.6 Å². The van der Waals surface area contributed by atoms with Crippen LogP contribution >= 0.6 is 0 Å². The van der Waals surface area contributed by atoms with Gasteiger partial charge in [0.15, 0.2) is 0 Å². The van der Waals surface area contributed by atoms with Gasteiger partial charge in [-0.05, 0) is 55.2 Å². The van der Waals surface area contributed by atoms with Crippen molar-refractivity contribution >= 4 is 0 Å². The van der Waals surface area contributed by atoms with E-state index < -0.39 is 11.7 Å². The van der Waals surface area contributed by atoms with E-state index in [2.05, 4.69) is 10.9 Å². The van der Waals surface area contributed by atoms with E-state index in [-0.39, 0.29) is 5.92 Å². The van der Waals surface area contributed by atoms with Crippen LogP contribution in [0.1, 0.15) is 35.6 Å². The van der Waals surface area contributed by atoms with Crippen molar-refractivity contribution in [3.63, 3.8) is 0 Å². The average Bonchev–Trinajstić information content (AvgIpc) is 2.72. The summed E-state index contributed by atoms with van der Waals surface area (Å²) in [7, 11) is 0. The Bertz CT molecular complexity index is 960. The molecule has 5 heteroatoms. The number of aromatic nitrogens is 1. The lowest BCUT2D eigenvalue weighted by atomic mass is 9.93. The second-order valence-electron chi connectivity index (χ2n) is 6.61. The molecule has 0 radical (unpaired) electrons. The molecule has 0 aliphatic rings. The summed E-state index contributed by atoms with van der Waals surface area (Å²) < 4.78 is 43.9. The summed E-state index contributed by atoms with van der Waals surface area (Å²) in [5.74, 6) is 3.68. The van der Waals surface area contributed by atoms with Gasteiger partial charge in [0.25, 0.3) is 0 Å². The molecule has 1 heterocycles. The number of halogens is 3. The standard InChI is InChI=1S/C24H20F3NO/c1-2-18(19-14-16-20(17-15-19)24(25,26)27)8-6-9-21-10-7-13-23(28-21)29-22-11-4-3-5-12-22/h1,3-5,7,10-18H,6,8-9H2. The Labute approximate surface area is 168 Å². The second kappa shape index (κ2) is 9.29. The monoisotopic (exact) mass is 395 g/mol. The Kier molecular flexibility index (Phi) is 6.56. The second-order valence-corrected chi connectivity index (χ2v) is 6.61. The Balaban J connectivity index is 1.57. The van der Waals surface area contributed by atoms with Crippen LogP contribution in [0.4, 0.5) is 13.2 Å². The first-order valence-electron chi connectivity index (χ1n) is 9.28. The minimum Gasteiger partial charge on any atom is -0.439 e. The van der Waals surface area contributed by atoms with Gasteiger partial charge in [0.2, 0.25) is 5.88 Å². The number of hydrogen-bond donors (Lipinski definition) is 0. The summed E-state index contributed by atoms with van der Waals surface area (Å²) in [6.45, 7) is 0. The minimum atomic E-state index is -4.34. The number of aryl methyl sites for hydroxylation is 1. The van der Waals surface area contributed by atoms with Gasteiger partial charge in [-0.3, -0.25) is 0 Å². The molecule has 0 saturated heterocycles. The molecule has 0 spiro atoms. The van der Waals surface area contributed by atoms with Gasteiger partial charge in [-0.25, -0.2) is 4.98 Å². The van der Waals surface area contributed by atoms with E-state index in [1.165, 1.54) is 12.1 Å². The Hall–Kier alpha value is -3.26. The molecule has 0 fully saturated rings. The first-order chi connectivity index (χ1) is 14.0. The van der Waals surface area contributed by atoms with E-state index in [0.29, 0.717) is 24.5 Å². The molecule has 3 aromatic rings. The maximum atomic E-state index is 12.7. The minimum absolute atomic E-state index is 0.235. The molecule has 3 rings (SSSR count). The van der Waals surface area contributed by atoms with E-state index in [1.54, 1.807) is 6.07 Å². The van der Waals surface area contributed by atoms with Crippen molar-refractivity contribution in [3.8, 4) is 24.0 Å². The molecule has 1 unspecified atom stereocenters. The van der Waals surface area contributed by atoms with E-state index >= 15 is 0 Å². The Morgan fingerprint density at radius 3 is 2.31 bits per heavy atom. The lowest BCUT2D eigenvalue weighted by molar-refractivity contribution is -0.137. The molecule has 0 bridgehead atoms. The first kappa shape index (κ1) is 20.5. The van der Waals surface area contributed by atoms with Gasteiger partial charge in [0, 0.05) is 17.7 Å². The molecule has 0 N–H and O–H groups in total. The summed E-state index contributed by atoms with van der Waals surface area (Å²) >= 11 is 0. The van der Waals surface area contributed by atoms with E-state index in [9.17, 15) is 13.2 Å². The lowest BCUT2D eigenvalue weighted by Gasteiger charge is -2.13. The highest BCUT2D eigenvalue weighted by Gasteiger charge is 2.30. The van der Waals surface area contributed by atoms with Crippen LogP contribution in [0.15, 0.2) is 72.8 Å². The SMILES string of the molecule is C#CC(CCCc1cccc(Oc2ccccc2)n1)c1ccc(C(F)(F)F)cc1. The third-order valence-electron chi connectivity index (χ3n) is 4.51. The van der Waals surface area contributed by atoms with Gasteiger partial charge in [0.05, 0.1) is 5.56 Å². The number of terminal acetylenes is 1. The highest BCUT2D eigenvalue weighted by Crippen LogP contribution is 2.31. The Morgan fingerprint density at radius 2 is 1.66 bits per heavy atom. The fourth-order valence-corrected chi connectivity index (χ4v) is 3.00. The molecule has 2 aromatic carbocycles. The number of alkyl halides is 3. The van der Waals surface area contributed by atoms with Crippen LogP contribution in [0.5, 0.6) is 11.6 Å². The van der Waals surface area contributed by atoms with E-state index in [0.717, 1.165) is 29.8 Å². The maximum Gasteiger partial charge on any atom is 0.416 e. The largest absolute Gasteiger partial charge is 0.439 e. The third-order valence-corrected chi connectivity index (χ3v) is 4.51.